The van der Waals surface area contributed by atoms with Gasteiger partial charge in [0.2, 0.25) is 0 Å². The lowest BCUT2D eigenvalue weighted by Gasteiger charge is -2.10. The van der Waals surface area contributed by atoms with Gasteiger partial charge in [0.25, 0.3) is 11.8 Å². The van der Waals surface area contributed by atoms with Gasteiger partial charge in [-0.2, -0.15) is 0 Å². The largest absolute Gasteiger partial charge is 0.484 e. The highest BCUT2D eigenvalue weighted by atomic mass is 16.5. The average molecular weight is 402 g/mol. The molecular formula is C25H26N2O3. The standard InChI is InChI=1S/C25H26N2O3/c1-17(2)19-10-12-23(13-11-19)30-16-24(28)26-22-9-5-7-20(15-22)25(29)27-21-8-4-6-18(3)14-21/h4-15,17H,16H2,1-3H3,(H,26,28)(H,27,29). The number of carbonyl (C=O) groups excluding carboxylic acids is 2. The minimum absolute atomic E-state index is 0.110. The molecule has 0 atom stereocenters. The van der Waals surface area contributed by atoms with Crippen molar-refractivity contribution >= 4 is 23.2 Å². The molecule has 2 N–H and O–H groups in total. The first-order chi connectivity index (χ1) is 14.4. The molecule has 30 heavy (non-hydrogen) atoms. The molecule has 0 fully saturated rings. The minimum atomic E-state index is -0.292. The molecular weight excluding hydrogens is 376 g/mol. The zero-order valence-electron chi connectivity index (χ0n) is 17.4. The SMILES string of the molecule is Cc1cccc(NC(=O)c2cccc(NC(=O)COc3ccc(C(C)C)cc3)c2)c1. The first-order valence-corrected chi connectivity index (χ1v) is 9.91. The Balaban J connectivity index is 1.56. The van der Waals surface area contributed by atoms with E-state index >= 15 is 0 Å². The molecule has 0 aromatic heterocycles. The molecule has 0 aliphatic heterocycles. The van der Waals surface area contributed by atoms with E-state index in [9.17, 15) is 9.59 Å². The molecule has 0 heterocycles. The predicted molar refractivity (Wildman–Crippen MR) is 120 cm³/mol. The van der Waals surface area contributed by atoms with Gasteiger partial charge in [0.1, 0.15) is 5.75 Å². The van der Waals surface area contributed by atoms with Crippen molar-refractivity contribution in [2.75, 3.05) is 17.2 Å². The molecule has 0 unspecified atom stereocenters. The zero-order valence-corrected chi connectivity index (χ0v) is 17.4. The maximum atomic E-state index is 12.5. The fourth-order valence-electron chi connectivity index (χ4n) is 2.96. The van der Waals surface area contributed by atoms with Gasteiger partial charge in [-0.15, -0.1) is 0 Å². The molecule has 3 rings (SSSR count). The van der Waals surface area contributed by atoms with Crippen LogP contribution in [0.25, 0.3) is 0 Å². The Morgan fingerprint density at radius 1 is 0.867 bits per heavy atom. The van der Waals surface area contributed by atoms with Crippen molar-refractivity contribution < 1.29 is 14.3 Å². The minimum Gasteiger partial charge on any atom is -0.484 e. The van der Waals surface area contributed by atoms with Gasteiger partial charge in [-0.1, -0.05) is 44.2 Å². The van der Waals surface area contributed by atoms with Crippen molar-refractivity contribution in [3.63, 3.8) is 0 Å². The number of carbonyl (C=O) groups is 2. The molecule has 0 saturated carbocycles. The smallest absolute Gasteiger partial charge is 0.262 e. The van der Waals surface area contributed by atoms with Crippen molar-refractivity contribution in [2.24, 2.45) is 0 Å². The summed E-state index contributed by atoms with van der Waals surface area (Å²) in [5.74, 6) is 0.552. The Morgan fingerprint density at radius 3 is 2.20 bits per heavy atom. The van der Waals surface area contributed by atoms with E-state index in [4.69, 9.17) is 4.74 Å². The quantitative estimate of drug-likeness (QED) is 0.557. The van der Waals surface area contributed by atoms with Crippen molar-refractivity contribution in [1.82, 2.24) is 0 Å². The van der Waals surface area contributed by atoms with Crippen LogP contribution in [0.15, 0.2) is 72.8 Å². The Hall–Kier alpha value is -3.60. The maximum Gasteiger partial charge on any atom is 0.262 e. The third-order valence-corrected chi connectivity index (χ3v) is 4.60. The van der Waals surface area contributed by atoms with Crippen LogP contribution in [0.2, 0.25) is 0 Å². The second kappa shape index (κ2) is 9.74. The molecule has 0 spiro atoms. The van der Waals surface area contributed by atoms with E-state index in [1.807, 2.05) is 55.5 Å². The highest BCUT2D eigenvalue weighted by molar-refractivity contribution is 6.05. The second-order valence-corrected chi connectivity index (χ2v) is 7.46. The highest BCUT2D eigenvalue weighted by Gasteiger charge is 2.09. The normalized spacial score (nSPS) is 10.5. The molecule has 0 saturated heterocycles. The van der Waals surface area contributed by atoms with Gasteiger partial charge < -0.3 is 15.4 Å². The van der Waals surface area contributed by atoms with E-state index in [0.29, 0.717) is 22.9 Å². The molecule has 154 valence electrons. The maximum absolute atomic E-state index is 12.5. The van der Waals surface area contributed by atoms with Crippen LogP contribution >= 0.6 is 0 Å². The van der Waals surface area contributed by atoms with Crippen molar-refractivity contribution in [2.45, 2.75) is 26.7 Å². The van der Waals surface area contributed by atoms with Gasteiger partial charge in [0.15, 0.2) is 6.61 Å². The number of ether oxygens (including phenoxy) is 1. The summed E-state index contributed by atoms with van der Waals surface area (Å²) in [7, 11) is 0. The van der Waals surface area contributed by atoms with Crippen LogP contribution in [-0.4, -0.2) is 18.4 Å². The summed E-state index contributed by atoms with van der Waals surface area (Å²) in [5.41, 5.74) is 4.00. The molecule has 0 aliphatic rings. The lowest BCUT2D eigenvalue weighted by molar-refractivity contribution is -0.118. The third kappa shape index (κ3) is 5.95. The number of anilines is 2. The van der Waals surface area contributed by atoms with E-state index in [1.54, 1.807) is 24.3 Å². The topological polar surface area (TPSA) is 67.4 Å². The molecule has 5 nitrogen and oxygen atoms in total. The summed E-state index contributed by atoms with van der Waals surface area (Å²) in [4.78, 5) is 24.7. The lowest BCUT2D eigenvalue weighted by Crippen LogP contribution is -2.20. The van der Waals surface area contributed by atoms with Gasteiger partial charge >= 0.3 is 0 Å². The number of nitrogens with one attached hydrogen (secondary N) is 2. The van der Waals surface area contributed by atoms with Crippen molar-refractivity contribution in [1.29, 1.82) is 0 Å². The Morgan fingerprint density at radius 2 is 1.53 bits per heavy atom. The van der Waals surface area contributed by atoms with Crippen molar-refractivity contribution in [3.8, 4) is 5.75 Å². The van der Waals surface area contributed by atoms with Crippen LogP contribution in [-0.2, 0) is 4.79 Å². The van der Waals surface area contributed by atoms with Crippen LogP contribution in [0.1, 0.15) is 41.3 Å². The van der Waals surface area contributed by atoms with Gasteiger partial charge in [-0.3, -0.25) is 9.59 Å². The molecule has 0 radical (unpaired) electrons. The number of aryl methyl sites for hydroxylation is 1. The van der Waals surface area contributed by atoms with Gasteiger partial charge in [-0.05, 0) is 66.4 Å². The molecule has 2 amide bonds. The van der Waals surface area contributed by atoms with Crippen LogP contribution in [0.4, 0.5) is 11.4 Å². The summed E-state index contributed by atoms with van der Waals surface area (Å²) in [6, 6.07) is 22.1. The average Bonchev–Trinajstić information content (AvgIpc) is 2.73. The number of hydrogen-bond acceptors (Lipinski definition) is 3. The van der Waals surface area contributed by atoms with Gasteiger partial charge in [0, 0.05) is 16.9 Å². The molecule has 5 heteroatoms. The number of hydrogen-bond donors (Lipinski definition) is 2. The molecule has 3 aromatic rings. The first-order valence-electron chi connectivity index (χ1n) is 9.91. The van der Waals surface area contributed by atoms with E-state index in [0.717, 1.165) is 11.3 Å². The summed E-state index contributed by atoms with van der Waals surface area (Å²) in [6.07, 6.45) is 0. The fraction of sp³-hybridized carbons (Fsp3) is 0.200. The zero-order chi connectivity index (χ0) is 21.5. The number of benzene rings is 3. The summed E-state index contributed by atoms with van der Waals surface area (Å²) < 4.78 is 5.55. The summed E-state index contributed by atoms with van der Waals surface area (Å²) in [6.45, 7) is 6.10. The van der Waals surface area contributed by atoms with E-state index < -0.39 is 0 Å². The Kier molecular flexibility index (Phi) is 6.86. The van der Waals surface area contributed by atoms with Crippen LogP contribution in [0, 0.1) is 6.92 Å². The van der Waals surface area contributed by atoms with Gasteiger partial charge in [-0.25, -0.2) is 0 Å². The Bertz CT molecular complexity index is 1030. The number of rotatable bonds is 7. The van der Waals surface area contributed by atoms with E-state index in [1.165, 1.54) is 5.56 Å². The van der Waals surface area contributed by atoms with Crippen molar-refractivity contribution in [3.05, 3.63) is 89.5 Å². The molecule has 0 aliphatic carbocycles. The lowest BCUT2D eigenvalue weighted by atomic mass is 10.0. The van der Waals surface area contributed by atoms with Crippen LogP contribution in [0.5, 0.6) is 5.75 Å². The molecule has 3 aromatic carbocycles. The monoisotopic (exact) mass is 402 g/mol. The van der Waals surface area contributed by atoms with E-state index in [-0.39, 0.29) is 18.4 Å². The highest BCUT2D eigenvalue weighted by Crippen LogP contribution is 2.19. The van der Waals surface area contributed by atoms with Crippen LogP contribution < -0.4 is 15.4 Å². The number of amides is 2. The molecule has 0 bridgehead atoms. The summed E-state index contributed by atoms with van der Waals surface area (Å²) in [5, 5.41) is 5.63. The second-order valence-electron chi connectivity index (χ2n) is 7.46. The van der Waals surface area contributed by atoms with Crippen LogP contribution in [0.3, 0.4) is 0 Å². The Labute approximate surface area is 177 Å². The third-order valence-electron chi connectivity index (χ3n) is 4.60. The summed E-state index contributed by atoms with van der Waals surface area (Å²) >= 11 is 0. The predicted octanol–water partition coefficient (Wildman–Crippen LogP) is 5.39. The van der Waals surface area contributed by atoms with Gasteiger partial charge in [0.05, 0.1) is 0 Å². The van der Waals surface area contributed by atoms with E-state index in [2.05, 4.69) is 24.5 Å². The fourth-order valence-corrected chi connectivity index (χ4v) is 2.96. The first kappa shape index (κ1) is 21.1.